The van der Waals surface area contributed by atoms with Gasteiger partial charge < -0.3 is 15.3 Å². The predicted octanol–water partition coefficient (Wildman–Crippen LogP) is 2.52. The van der Waals surface area contributed by atoms with Crippen LogP contribution in [-0.2, 0) is 11.3 Å². The number of amides is 2. The highest BCUT2D eigenvalue weighted by molar-refractivity contribution is 9.11. The van der Waals surface area contributed by atoms with Gasteiger partial charge >= 0.3 is 12.0 Å². The Morgan fingerprint density at radius 2 is 2.11 bits per heavy atom. The number of likely N-dealkylation sites (N-methyl/N-ethyl adjacent to an activating group) is 1. The first-order chi connectivity index (χ1) is 8.25. The zero-order chi connectivity index (χ0) is 13.9. The number of rotatable bonds is 4. The molecule has 18 heavy (non-hydrogen) atoms. The normalized spacial score (nSPS) is 11.1. The summed E-state index contributed by atoms with van der Waals surface area (Å²) < 4.78 is 0.992. The first-order valence-corrected chi connectivity index (χ1v) is 6.85. The van der Waals surface area contributed by atoms with Crippen molar-refractivity contribution in [3.05, 3.63) is 20.8 Å². The van der Waals surface area contributed by atoms with Crippen LogP contribution < -0.4 is 5.32 Å². The Hall–Kier alpha value is -1.08. The molecule has 0 aliphatic carbocycles. The summed E-state index contributed by atoms with van der Waals surface area (Å²) in [6, 6.07) is 3.39. The lowest BCUT2D eigenvalue weighted by atomic mass is 10.1. The van der Waals surface area contributed by atoms with E-state index in [1.165, 1.54) is 37.1 Å². The van der Waals surface area contributed by atoms with Crippen LogP contribution in [0.25, 0.3) is 0 Å². The highest BCUT2D eigenvalue weighted by atomic mass is 79.9. The summed E-state index contributed by atoms with van der Waals surface area (Å²) in [5, 5.41) is 11.7. The summed E-state index contributed by atoms with van der Waals surface area (Å²) >= 11 is 4.86. The minimum Gasteiger partial charge on any atom is -0.480 e. The summed E-state index contributed by atoms with van der Waals surface area (Å²) in [7, 11) is 1.47. The molecular weight excluding hydrogens is 320 g/mol. The molecule has 0 radical (unpaired) electrons. The van der Waals surface area contributed by atoms with Crippen molar-refractivity contribution in [2.75, 3.05) is 7.05 Å². The minimum atomic E-state index is -1.24. The average Bonchev–Trinajstić information content (AvgIpc) is 2.70. The molecule has 100 valence electrons. The van der Waals surface area contributed by atoms with Crippen LogP contribution in [0.2, 0.25) is 0 Å². The van der Waals surface area contributed by atoms with Gasteiger partial charge in [-0.15, -0.1) is 11.3 Å². The van der Waals surface area contributed by atoms with Gasteiger partial charge in [0, 0.05) is 11.9 Å². The number of nitrogens with zero attached hydrogens (tertiary/aromatic N) is 1. The summed E-state index contributed by atoms with van der Waals surface area (Å²) in [5.41, 5.74) is -1.24. The third kappa shape index (κ3) is 3.46. The van der Waals surface area contributed by atoms with Crippen LogP contribution in [-0.4, -0.2) is 34.6 Å². The highest BCUT2D eigenvalue weighted by Gasteiger charge is 2.35. The van der Waals surface area contributed by atoms with Gasteiger partial charge in [0.25, 0.3) is 0 Å². The number of hydrogen-bond acceptors (Lipinski definition) is 3. The quantitative estimate of drug-likeness (QED) is 0.888. The van der Waals surface area contributed by atoms with Gasteiger partial charge in [0.15, 0.2) is 0 Å². The molecule has 0 bridgehead atoms. The van der Waals surface area contributed by atoms with Gasteiger partial charge in [0.1, 0.15) is 5.54 Å². The molecule has 2 amide bonds. The van der Waals surface area contributed by atoms with E-state index >= 15 is 0 Å². The molecule has 0 saturated carbocycles. The topological polar surface area (TPSA) is 69.6 Å². The van der Waals surface area contributed by atoms with Crippen LogP contribution in [0.3, 0.4) is 0 Å². The summed E-state index contributed by atoms with van der Waals surface area (Å²) in [4.78, 5) is 25.0. The molecule has 1 rings (SSSR count). The molecule has 1 aromatic rings. The Kier molecular flexibility index (Phi) is 4.75. The smallest absolute Gasteiger partial charge is 0.329 e. The van der Waals surface area contributed by atoms with Crippen LogP contribution in [0.15, 0.2) is 15.9 Å². The number of nitrogens with one attached hydrogen (secondary N) is 1. The Morgan fingerprint density at radius 1 is 1.50 bits per heavy atom. The summed E-state index contributed by atoms with van der Waals surface area (Å²) in [6.07, 6.45) is 0. The number of carboxylic acids is 1. The number of carboxylic acid groups (broad SMARTS) is 1. The largest absolute Gasteiger partial charge is 0.480 e. The Bertz CT molecular complexity index is 459. The second-order valence-corrected chi connectivity index (χ2v) is 6.84. The fraction of sp³-hybridized carbons (Fsp3) is 0.455. The maximum atomic E-state index is 11.8. The van der Waals surface area contributed by atoms with E-state index in [4.69, 9.17) is 5.11 Å². The van der Waals surface area contributed by atoms with Crippen LogP contribution in [0.4, 0.5) is 4.79 Å². The molecule has 1 heterocycles. The van der Waals surface area contributed by atoms with Gasteiger partial charge in [-0.25, -0.2) is 9.59 Å². The molecule has 0 fully saturated rings. The molecule has 0 aromatic carbocycles. The maximum absolute atomic E-state index is 11.8. The summed E-state index contributed by atoms with van der Waals surface area (Å²) in [6.45, 7) is 3.35. The van der Waals surface area contributed by atoms with E-state index in [-0.39, 0.29) is 0 Å². The number of aliphatic carboxylic acids is 1. The minimum absolute atomic E-state index is 0.384. The number of urea groups is 1. The molecule has 0 unspecified atom stereocenters. The zero-order valence-corrected chi connectivity index (χ0v) is 12.8. The van der Waals surface area contributed by atoms with Gasteiger partial charge in [0.2, 0.25) is 0 Å². The second-order valence-electron chi connectivity index (χ2n) is 4.29. The van der Waals surface area contributed by atoms with E-state index in [1.807, 2.05) is 12.1 Å². The standard InChI is InChI=1S/C11H15BrN2O3S/c1-11(2,9(15)16)14(3)10(17)13-6-7-4-5-8(12)18-7/h4-5H,6H2,1-3H3,(H,13,17)(H,15,16). The lowest BCUT2D eigenvalue weighted by Crippen LogP contribution is -2.53. The molecular formula is C11H15BrN2O3S. The molecule has 0 saturated heterocycles. The second kappa shape index (κ2) is 5.71. The molecule has 7 heteroatoms. The first kappa shape index (κ1) is 15.0. The molecule has 0 spiro atoms. The van der Waals surface area contributed by atoms with E-state index in [2.05, 4.69) is 21.2 Å². The first-order valence-electron chi connectivity index (χ1n) is 5.24. The van der Waals surface area contributed by atoms with Crippen molar-refractivity contribution in [2.24, 2.45) is 0 Å². The lowest BCUT2D eigenvalue weighted by molar-refractivity contribution is -0.146. The number of hydrogen-bond donors (Lipinski definition) is 2. The van der Waals surface area contributed by atoms with Gasteiger partial charge in [0.05, 0.1) is 10.3 Å². The predicted molar refractivity (Wildman–Crippen MR) is 73.7 cm³/mol. The molecule has 1 aromatic heterocycles. The Balaban J connectivity index is 2.58. The number of carbonyl (C=O) groups is 2. The summed E-state index contributed by atoms with van der Waals surface area (Å²) in [5.74, 6) is -1.04. The van der Waals surface area contributed by atoms with Crippen molar-refractivity contribution < 1.29 is 14.7 Å². The number of carbonyl (C=O) groups excluding carboxylic acids is 1. The molecule has 2 N–H and O–H groups in total. The van der Waals surface area contributed by atoms with Crippen molar-refractivity contribution >= 4 is 39.3 Å². The molecule has 0 atom stereocenters. The Labute approximate surface area is 118 Å². The molecule has 0 aliphatic rings. The lowest BCUT2D eigenvalue weighted by Gasteiger charge is -2.31. The number of thiophene rings is 1. The van der Waals surface area contributed by atoms with Crippen molar-refractivity contribution in [1.29, 1.82) is 0 Å². The third-order valence-corrected chi connectivity index (χ3v) is 4.33. The van der Waals surface area contributed by atoms with Crippen molar-refractivity contribution in [3.63, 3.8) is 0 Å². The number of halogens is 1. The van der Waals surface area contributed by atoms with Crippen LogP contribution in [0.1, 0.15) is 18.7 Å². The van der Waals surface area contributed by atoms with Crippen LogP contribution in [0.5, 0.6) is 0 Å². The van der Waals surface area contributed by atoms with Gasteiger partial charge in [-0.1, -0.05) is 0 Å². The monoisotopic (exact) mass is 334 g/mol. The zero-order valence-electron chi connectivity index (χ0n) is 10.4. The van der Waals surface area contributed by atoms with Crippen molar-refractivity contribution in [1.82, 2.24) is 10.2 Å². The molecule has 0 aliphatic heterocycles. The van der Waals surface area contributed by atoms with E-state index in [9.17, 15) is 9.59 Å². The van der Waals surface area contributed by atoms with Crippen molar-refractivity contribution in [3.8, 4) is 0 Å². The van der Waals surface area contributed by atoms with E-state index in [0.29, 0.717) is 6.54 Å². The fourth-order valence-electron chi connectivity index (χ4n) is 1.13. The SMILES string of the molecule is CN(C(=O)NCc1ccc(Br)s1)C(C)(C)C(=O)O. The highest BCUT2D eigenvalue weighted by Crippen LogP contribution is 2.22. The van der Waals surface area contributed by atoms with E-state index in [1.54, 1.807) is 0 Å². The Morgan fingerprint density at radius 3 is 2.56 bits per heavy atom. The van der Waals surface area contributed by atoms with Gasteiger partial charge in [-0.2, -0.15) is 0 Å². The van der Waals surface area contributed by atoms with Gasteiger partial charge in [-0.05, 0) is 41.9 Å². The van der Waals surface area contributed by atoms with E-state index in [0.717, 1.165) is 8.66 Å². The van der Waals surface area contributed by atoms with Gasteiger partial charge in [-0.3, -0.25) is 0 Å². The van der Waals surface area contributed by atoms with E-state index < -0.39 is 17.5 Å². The maximum Gasteiger partial charge on any atom is 0.329 e. The van der Waals surface area contributed by atoms with Crippen LogP contribution in [0, 0.1) is 0 Å². The molecule has 5 nitrogen and oxygen atoms in total. The third-order valence-electron chi connectivity index (χ3n) is 2.71. The van der Waals surface area contributed by atoms with Crippen molar-refractivity contribution in [2.45, 2.75) is 25.9 Å². The fourth-order valence-corrected chi connectivity index (χ4v) is 2.55. The average molecular weight is 335 g/mol. The van der Waals surface area contributed by atoms with Crippen LogP contribution >= 0.6 is 27.3 Å².